The molecule has 3 rings (SSSR count). The zero-order chi connectivity index (χ0) is 18.9. The van der Waals surface area contributed by atoms with E-state index in [1.807, 2.05) is 13.8 Å². The van der Waals surface area contributed by atoms with Crippen molar-refractivity contribution in [2.45, 2.75) is 26.3 Å². The second kappa shape index (κ2) is 6.55. The van der Waals surface area contributed by atoms with E-state index in [-0.39, 0.29) is 28.5 Å². The van der Waals surface area contributed by atoms with Gasteiger partial charge in [-0.1, -0.05) is 0 Å². The second-order valence-electron chi connectivity index (χ2n) is 6.64. The normalized spacial score (nSPS) is 15.1. The fraction of sp³-hybridized carbons (Fsp3) is 0.278. The van der Waals surface area contributed by atoms with Crippen LogP contribution < -0.4 is 5.32 Å². The van der Waals surface area contributed by atoms with Crippen LogP contribution in [0.4, 0.5) is 11.4 Å². The van der Waals surface area contributed by atoms with Crippen LogP contribution >= 0.6 is 0 Å². The van der Waals surface area contributed by atoms with Gasteiger partial charge in [0.05, 0.1) is 22.3 Å². The summed E-state index contributed by atoms with van der Waals surface area (Å²) < 4.78 is 5.57. The molecule has 134 valence electrons. The first-order valence-electron chi connectivity index (χ1n) is 8.01. The molecule has 1 aliphatic heterocycles. The van der Waals surface area contributed by atoms with E-state index in [0.29, 0.717) is 18.1 Å². The van der Waals surface area contributed by atoms with Crippen molar-refractivity contribution in [3.05, 3.63) is 63.5 Å². The van der Waals surface area contributed by atoms with Gasteiger partial charge in [0, 0.05) is 17.2 Å². The Morgan fingerprint density at radius 1 is 1.31 bits per heavy atom. The second-order valence-corrected chi connectivity index (χ2v) is 6.64. The van der Waals surface area contributed by atoms with Crippen molar-refractivity contribution in [3.63, 3.8) is 0 Å². The highest BCUT2D eigenvalue weighted by Crippen LogP contribution is 2.22. The summed E-state index contributed by atoms with van der Waals surface area (Å²) in [6.07, 6.45) is 1.39. The third-order valence-corrected chi connectivity index (χ3v) is 3.88. The summed E-state index contributed by atoms with van der Waals surface area (Å²) in [7, 11) is 0. The third kappa shape index (κ3) is 3.69. The molecule has 0 bridgehead atoms. The average Bonchev–Trinajstić information content (AvgIpc) is 2.96. The Hall–Kier alpha value is -3.29. The number of aryl methyl sites for hydroxylation is 1. The minimum atomic E-state index is -0.531. The van der Waals surface area contributed by atoms with Crippen molar-refractivity contribution >= 4 is 23.2 Å². The molecule has 0 radical (unpaired) electrons. The molecule has 26 heavy (non-hydrogen) atoms. The molecule has 8 heteroatoms. The van der Waals surface area contributed by atoms with Crippen molar-refractivity contribution in [2.24, 2.45) is 4.99 Å². The third-order valence-electron chi connectivity index (χ3n) is 3.88. The molecule has 0 atom stereocenters. The highest BCUT2D eigenvalue weighted by atomic mass is 16.6. The van der Waals surface area contributed by atoms with Crippen molar-refractivity contribution in [1.82, 2.24) is 4.98 Å². The number of aliphatic imine (C=N–C) groups is 1. The average molecular weight is 354 g/mol. The maximum absolute atomic E-state index is 12.3. The minimum Gasteiger partial charge on any atom is -0.475 e. The van der Waals surface area contributed by atoms with Gasteiger partial charge in [-0.15, -0.1) is 0 Å². The standard InChI is InChI=1S/C18H18N4O4/c1-11-15(22(24)25)8-14(9-19-11)20-16(23)12-4-6-13(7-5-12)17-21-18(2,3)10-26-17/h4-9H,10H2,1-3H3,(H,20,23). The topological polar surface area (TPSA) is 107 Å². The Labute approximate surface area is 150 Å². The largest absolute Gasteiger partial charge is 0.475 e. The number of hydrogen-bond acceptors (Lipinski definition) is 6. The predicted molar refractivity (Wildman–Crippen MR) is 96.6 cm³/mol. The molecule has 2 heterocycles. The zero-order valence-corrected chi connectivity index (χ0v) is 14.6. The number of rotatable bonds is 4. The number of nitro groups is 1. The maximum atomic E-state index is 12.3. The van der Waals surface area contributed by atoms with Gasteiger partial charge in [-0.25, -0.2) is 4.99 Å². The van der Waals surface area contributed by atoms with Gasteiger partial charge in [-0.3, -0.25) is 19.9 Å². The Morgan fingerprint density at radius 3 is 2.58 bits per heavy atom. The van der Waals surface area contributed by atoms with Gasteiger partial charge >= 0.3 is 0 Å². The number of carbonyl (C=O) groups excluding carboxylic acids is 1. The summed E-state index contributed by atoms with van der Waals surface area (Å²) >= 11 is 0. The van der Waals surface area contributed by atoms with E-state index < -0.39 is 4.92 Å². The first-order valence-corrected chi connectivity index (χ1v) is 8.01. The molecule has 0 saturated carbocycles. The molecule has 1 amide bonds. The quantitative estimate of drug-likeness (QED) is 0.670. The van der Waals surface area contributed by atoms with Gasteiger partial charge in [-0.05, 0) is 45.0 Å². The molecule has 1 aromatic carbocycles. The summed E-state index contributed by atoms with van der Waals surface area (Å²) in [5, 5.41) is 13.6. The molecule has 0 aliphatic carbocycles. The Bertz CT molecular complexity index is 904. The molecule has 1 N–H and O–H groups in total. The zero-order valence-electron chi connectivity index (χ0n) is 14.6. The Balaban J connectivity index is 1.75. The van der Waals surface area contributed by atoms with Crippen molar-refractivity contribution in [2.75, 3.05) is 11.9 Å². The fourth-order valence-electron chi connectivity index (χ4n) is 2.47. The Kier molecular flexibility index (Phi) is 4.41. The lowest BCUT2D eigenvalue weighted by Gasteiger charge is -2.07. The monoisotopic (exact) mass is 354 g/mol. The van der Waals surface area contributed by atoms with Gasteiger partial charge in [0.2, 0.25) is 5.90 Å². The van der Waals surface area contributed by atoms with Crippen LogP contribution in [0.25, 0.3) is 0 Å². The molecule has 2 aromatic rings. The van der Waals surface area contributed by atoms with Crippen LogP contribution in [0.15, 0.2) is 41.5 Å². The number of carbonyl (C=O) groups is 1. The number of benzene rings is 1. The fourth-order valence-corrected chi connectivity index (χ4v) is 2.47. The summed E-state index contributed by atoms with van der Waals surface area (Å²) in [6, 6.07) is 8.10. The van der Waals surface area contributed by atoms with Gasteiger partial charge < -0.3 is 10.1 Å². The number of amides is 1. The van der Waals surface area contributed by atoms with E-state index >= 15 is 0 Å². The van der Waals surface area contributed by atoms with Gasteiger partial charge in [-0.2, -0.15) is 0 Å². The number of pyridine rings is 1. The van der Waals surface area contributed by atoms with Gasteiger partial charge in [0.15, 0.2) is 0 Å². The molecule has 1 aliphatic rings. The molecule has 0 spiro atoms. The van der Waals surface area contributed by atoms with Gasteiger partial charge in [0.1, 0.15) is 12.3 Å². The van der Waals surface area contributed by atoms with Crippen LogP contribution in [0.1, 0.15) is 35.5 Å². The summed E-state index contributed by atoms with van der Waals surface area (Å²) in [5.74, 6) is 0.173. The van der Waals surface area contributed by atoms with Crippen LogP contribution in [0.5, 0.6) is 0 Å². The highest BCUT2D eigenvalue weighted by Gasteiger charge is 2.27. The lowest BCUT2D eigenvalue weighted by Crippen LogP contribution is -2.17. The molecule has 0 fully saturated rings. The predicted octanol–water partition coefficient (Wildman–Crippen LogP) is 3.11. The summed E-state index contributed by atoms with van der Waals surface area (Å²) in [6.45, 7) is 6.02. The van der Waals surface area contributed by atoms with Crippen LogP contribution in [0.2, 0.25) is 0 Å². The summed E-state index contributed by atoms with van der Waals surface area (Å²) in [4.78, 5) is 31.2. The molecular formula is C18H18N4O4. The lowest BCUT2D eigenvalue weighted by atomic mass is 10.1. The van der Waals surface area contributed by atoms with Crippen molar-refractivity contribution < 1.29 is 14.5 Å². The minimum absolute atomic E-state index is 0.142. The van der Waals surface area contributed by atoms with E-state index in [0.717, 1.165) is 5.56 Å². The molecular weight excluding hydrogens is 336 g/mol. The van der Waals surface area contributed by atoms with E-state index in [1.54, 1.807) is 24.3 Å². The van der Waals surface area contributed by atoms with E-state index in [1.165, 1.54) is 19.2 Å². The molecule has 8 nitrogen and oxygen atoms in total. The number of nitrogens with one attached hydrogen (secondary N) is 1. The van der Waals surface area contributed by atoms with E-state index in [4.69, 9.17) is 4.74 Å². The number of hydrogen-bond donors (Lipinski definition) is 1. The van der Waals surface area contributed by atoms with Crippen molar-refractivity contribution in [1.29, 1.82) is 0 Å². The van der Waals surface area contributed by atoms with Crippen LogP contribution in [-0.4, -0.2) is 33.9 Å². The number of aromatic nitrogens is 1. The number of anilines is 1. The van der Waals surface area contributed by atoms with Crippen LogP contribution in [0.3, 0.4) is 0 Å². The van der Waals surface area contributed by atoms with Crippen LogP contribution in [0, 0.1) is 17.0 Å². The van der Waals surface area contributed by atoms with Crippen molar-refractivity contribution in [3.8, 4) is 0 Å². The highest BCUT2D eigenvalue weighted by molar-refractivity contribution is 6.05. The van der Waals surface area contributed by atoms with E-state index in [9.17, 15) is 14.9 Å². The first-order chi connectivity index (χ1) is 12.2. The first kappa shape index (κ1) is 17.5. The number of nitrogens with zero attached hydrogens (tertiary/aromatic N) is 3. The van der Waals surface area contributed by atoms with E-state index in [2.05, 4.69) is 15.3 Å². The molecule has 1 aromatic heterocycles. The molecule has 0 unspecified atom stereocenters. The lowest BCUT2D eigenvalue weighted by molar-refractivity contribution is -0.385. The Morgan fingerprint density at radius 2 is 2.00 bits per heavy atom. The SMILES string of the molecule is Cc1ncc(NC(=O)c2ccc(C3=NC(C)(C)CO3)cc2)cc1[N+](=O)[O-]. The number of ether oxygens (including phenoxy) is 1. The van der Waals surface area contributed by atoms with Crippen LogP contribution in [-0.2, 0) is 4.74 Å². The summed E-state index contributed by atoms with van der Waals surface area (Å²) in [5.41, 5.74) is 1.37. The smallest absolute Gasteiger partial charge is 0.292 e. The maximum Gasteiger partial charge on any atom is 0.292 e. The molecule has 0 saturated heterocycles. The van der Waals surface area contributed by atoms with Gasteiger partial charge in [0.25, 0.3) is 11.6 Å².